The Balaban J connectivity index is 3.87. The summed E-state index contributed by atoms with van der Waals surface area (Å²) in [5, 5.41) is -0.900. The quantitative estimate of drug-likeness (QED) is 0.366. The van der Waals surface area contributed by atoms with Crippen molar-refractivity contribution >= 4 is 16.6 Å². The van der Waals surface area contributed by atoms with Crippen LogP contribution in [0, 0.1) is 5.82 Å². The minimum absolute atomic E-state index is 0.0149. The molecule has 0 N–H and O–H groups in total. The molecule has 1 aromatic heterocycles. The summed E-state index contributed by atoms with van der Waals surface area (Å²) in [7, 11) is -5.38. The zero-order valence-electron chi connectivity index (χ0n) is 26.2. The Morgan fingerprint density at radius 1 is 0.543 bits per heavy atom. The van der Waals surface area contributed by atoms with E-state index in [-0.39, 0.29) is 42.1 Å². The first-order chi connectivity index (χ1) is 15.1. The standard InChI is InChI=1S/C28H55FN2O2Si2/c1-23(2,3)34(24(4,5)6,25(7,8)9)32-21-20(29)19-30-22(31-21)33-35(26(10,11)12,27(13,14)15)28(16,17)18/h19H,1-18H3. The summed E-state index contributed by atoms with van der Waals surface area (Å²) in [6.07, 6.45) is 1.22. The molecule has 0 saturated carbocycles. The Kier molecular flexibility index (Phi) is 8.34. The van der Waals surface area contributed by atoms with Gasteiger partial charge in [0.15, 0.2) is 0 Å². The highest BCUT2D eigenvalue weighted by molar-refractivity contribution is 6.83. The lowest BCUT2D eigenvalue weighted by Crippen LogP contribution is -2.64. The summed E-state index contributed by atoms with van der Waals surface area (Å²) in [6.45, 7) is 40.1. The van der Waals surface area contributed by atoms with E-state index in [1.807, 2.05) is 0 Å². The third-order valence-corrected chi connectivity index (χ3v) is 21.2. The molecule has 7 heteroatoms. The predicted molar refractivity (Wildman–Crippen MR) is 153 cm³/mol. The van der Waals surface area contributed by atoms with Crippen molar-refractivity contribution in [2.24, 2.45) is 0 Å². The Bertz CT molecular complexity index is 818. The Morgan fingerprint density at radius 3 is 1.11 bits per heavy atom. The van der Waals surface area contributed by atoms with Crippen molar-refractivity contribution in [3.8, 4) is 11.9 Å². The van der Waals surface area contributed by atoms with E-state index in [1.54, 1.807) is 0 Å². The maximum atomic E-state index is 15.3. The van der Waals surface area contributed by atoms with Gasteiger partial charge in [-0.25, -0.2) is 4.98 Å². The fourth-order valence-corrected chi connectivity index (χ4v) is 24.5. The first kappa shape index (κ1) is 32.1. The molecular formula is C28H55FN2O2Si2. The van der Waals surface area contributed by atoms with E-state index in [2.05, 4.69) is 135 Å². The van der Waals surface area contributed by atoms with E-state index in [4.69, 9.17) is 8.85 Å². The molecule has 0 bridgehead atoms. The van der Waals surface area contributed by atoms with E-state index >= 15 is 4.39 Å². The zero-order chi connectivity index (χ0) is 28.3. The van der Waals surface area contributed by atoms with E-state index in [0.717, 1.165) is 0 Å². The van der Waals surface area contributed by atoms with E-state index in [1.165, 1.54) is 6.20 Å². The molecule has 1 rings (SSSR count). The summed E-state index contributed by atoms with van der Waals surface area (Å²) in [5.41, 5.74) is 0. The lowest BCUT2D eigenvalue weighted by atomic mass is 10.2. The average Bonchev–Trinajstić information content (AvgIpc) is 2.52. The fourth-order valence-electron chi connectivity index (χ4n) is 8.41. The number of aromatic nitrogens is 2. The molecule has 0 aliphatic carbocycles. The van der Waals surface area contributed by atoms with Crippen LogP contribution in [0.25, 0.3) is 0 Å². The van der Waals surface area contributed by atoms with Gasteiger partial charge < -0.3 is 8.85 Å². The molecule has 35 heavy (non-hydrogen) atoms. The molecule has 1 aromatic rings. The van der Waals surface area contributed by atoms with E-state index < -0.39 is 22.5 Å². The molecule has 0 saturated heterocycles. The lowest BCUT2D eigenvalue weighted by molar-refractivity contribution is 0.329. The molecule has 0 fully saturated rings. The number of hydrogen-bond acceptors (Lipinski definition) is 4. The van der Waals surface area contributed by atoms with Crippen LogP contribution in [0.1, 0.15) is 125 Å². The Morgan fingerprint density at radius 2 is 0.829 bits per heavy atom. The van der Waals surface area contributed by atoms with Gasteiger partial charge in [-0.05, 0) is 30.2 Å². The molecule has 204 valence electrons. The molecule has 0 spiro atoms. The molecule has 4 nitrogen and oxygen atoms in total. The molecular weight excluding hydrogens is 471 g/mol. The second-order valence-corrected chi connectivity index (χ2v) is 28.5. The highest BCUT2D eigenvalue weighted by atomic mass is 28.4. The molecule has 0 radical (unpaired) electrons. The third kappa shape index (κ3) is 5.51. The van der Waals surface area contributed by atoms with Crippen LogP contribution in [0.2, 0.25) is 30.2 Å². The van der Waals surface area contributed by atoms with Crippen LogP contribution in [0.4, 0.5) is 4.39 Å². The predicted octanol–water partition coefficient (Wildman–Crippen LogP) is 10.1. The first-order valence-electron chi connectivity index (χ1n) is 13.0. The van der Waals surface area contributed by atoms with Crippen molar-refractivity contribution in [2.75, 3.05) is 0 Å². The Labute approximate surface area is 218 Å². The van der Waals surface area contributed by atoms with Crippen LogP contribution in [-0.2, 0) is 0 Å². The minimum Gasteiger partial charge on any atom is -0.527 e. The SMILES string of the molecule is CC(C)(C)[Si](Oc1ncc(F)c(O[Si](C(C)(C)C)(C(C)(C)C)C(C)(C)C)n1)(C(C)(C)C)C(C)(C)C. The normalized spacial score (nSPS) is 15.3. The number of halogens is 1. The highest BCUT2D eigenvalue weighted by Crippen LogP contribution is 2.63. The van der Waals surface area contributed by atoms with Crippen LogP contribution in [0.5, 0.6) is 11.9 Å². The van der Waals surface area contributed by atoms with Crippen molar-refractivity contribution < 1.29 is 13.2 Å². The second kappa shape index (κ2) is 9.11. The maximum absolute atomic E-state index is 15.3. The van der Waals surface area contributed by atoms with Crippen molar-refractivity contribution in [1.29, 1.82) is 0 Å². The van der Waals surface area contributed by atoms with Crippen molar-refractivity contribution in [3.05, 3.63) is 12.0 Å². The van der Waals surface area contributed by atoms with Gasteiger partial charge in [-0.3, -0.25) is 0 Å². The minimum atomic E-state index is -2.74. The van der Waals surface area contributed by atoms with Crippen molar-refractivity contribution in [2.45, 2.75) is 155 Å². The average molecular weight is 527 g/mol. The molecule has 0 aliphatic rings. The van der Waals surface area contributed by atoms with Gasteiger partial charge in [-0.15, -0.1) is 0 Å². The van der Waals surface area contributed by atoms with Gasteiger partial charge in [0.1, 0.15) is 0 Å². The summed E-state index contributed by atoms with van der Waals surface area (Å²) < 4.78 is 29.2. The molecule has 0 unspecified atom stereocenters. The van der Waals surface area contributed by atoms with Gasteiger partial charge >= 0.3 is 6.01 Å². The van der Waals surface area contributed by atoms with Crippen LogP contribution in [0.15, 0.2) is 6.20 Å². The second-order valence-electron chi connectivity index (χ2n) is 16.4. The van der Waals surface area contributed by atoms with Gasteiger partial charge in [-0.1, -0.05) is 125 Å². The summed E-state index contributed by atoms with van der Waals surface area (Å²) in [6, 6.07) is 0.215. The van der Waals surface area contributed by atoms with Crippen LogP contribution < -0.4 is 8.85 Å². The topological polar surface area (TPSA) is 44.2 Å². The van der Waals surface area contributed by atoms with Crippen LogP contribution in [-0.4, -0.2) is 26.6 Å². The smallest absolute Gasteiger partial charge is 0.306 e. The van der Waals surface area contributed by atoms with Gasteiger partial charge in [0.2, 0.25) is 11.7 Å². The molecule has 1 heterocycles. The van der Waals surface area contributed by atoms with E-state index in [0.29, 0.717) is 0 Å². The maximum Gasteiger partial charge on any atom is 0.306 e. The van der Waals surface area contributed by atoms with Gasteiger partial charge in [0, 0.05) is 0 Å². The Hall–Kier alpha value is -0.956. The van der Waals surface area contributed by atoms with Crippen molar-refractivity contribution in [1.82, 2.24) is 9.97 Å². The van der Waals surface area contributed by atoms with Gasteiger partial charge in [0.05, 0.1) is 6.20 Å². The largest absolute Gasteiger partial charge is 0.527 e. The van der Waals surface area contributed by atoms with Crippen LogP contribution in [0.3, 0.4) is 0 Å². The first-order valence-corrected chi connectivity index (χ1v) is 16.8. The zero-order valence-corrected chi connectivity index (χ0v) is 28.2. The highest BCUT2D eigenvalue weighted by Gasteiger charge is 2.65. The monoisotopic (exact) mass is 526 g/mol. The van der Waals surface area contributed by atoms with Gasteiger partial charge in [0.25, 0.3) is 16.6 Å². The number of nitrogens with zero attached hydrogens (tertiary/aromatic N) is 2. The van der Waals surface area contributed by atoms with E-state index in [9.17, 15) is 0 Å². The third-order valence-electron chi connectivity index (χ3n) is 7.52. The lowest BCUT2D eigenvalue weighted by Gasteiger charge is -2.57. The summed E-state index contributed by atoms with van der Waals surface area (Å²) >= 11 is 0. The fraction of sp³-hybridized carbons (Fsp3) is 0.857. The number of hydrogen-bond donors (Lipinski definition) is 0. The molecule has 0 amide bonds. The number of rotatable bonds is 4. The van der Waals surface area contributed by atoms with Gasteiger partial charge in [-0.2, -0.15) is 9.37 Å². The summed E-state index contributed by atoms with van der Waals surface area (Å²) in [4.78, 5) is 9.00. The summed E-state index contributed by atoms with van der Waals surface area (Å²) in [5.74, 6) is -0.525. The molecule has 0 aromatic carbocycles. The van der Waals surface area contributed by atoms with Crippen LogP contribution >= 0.6 is 0 Å². The van der Waals surface area contributed by atoms with Crippen molar-refractivity contribution in [3.63, 3.8) is 0 Å². The molecule has 0 atom stereocenters. The molecule has 0 aliphatic heterocycles.